The quantitative estimate of drug-likeness (QED) is 0.176. The first-order valence-corrected chi connectivity index (χ1v) is 17.9. The zero-order valence-electron chi connectivity index (χ0n) is 28.8. The van der Waals surface area contributed by atoms with Gasteiger partial charge in [0.1, 0.15) is 0 Å². The van der Waals surface area contributed by atoms with E-state index in [4.69, 9.17) is 15.0 Å². The van der Waals surface area contributed by atoms with Crippen LogP contribution >= 0.6 is 0 Å². The van der Waals surface area contributed by atoms with Gasteiger partial charge in [0.05, 0.1) is 11.0 Å². The summed E-state index contributed by atoms with van der Waals surface area (Å²) in [6.07, 6.45) is 0. The van der Waals surface area contributed by atoms with Gasteiger partial charge in [0.15, 0.2) is 11.6 Å². The normalized spacial score (nSPS) is 11.4. The van der Waals surface area contributed by atoms with Crippen molar-refractivity contribution in [1.29, 1.82) is 0 Å². The van der Waals surface area contributed by atoms with Gasteiger partial charge in [-0.25, -0.2) is 4.98 Å². The first kappa shape index (κ1) is 30.6. The highest BCUT2D eigenvalue weighted by atomic mass is 15.2. The Kier molecular flexibility index (Phi) is 7.43. The molecule has 10 rings (SSSR count). The lowest BCUT2D eigenvalue weighted by atomic mass is 9.99. The highest BCUT2D eigenvalue weighted by Crippen LogP contribution is 2.34. The van der Waals surface area contributed by atoms with Crippen LogP contribution < -0.4 is 0 Å². The fraction of sp³-hybridized carbons (Fsp3) is 0. The van der Waals surface area contributed by atoms with E-state index in [2.05, 4.69) is 193 Å². The number of aromatic nitrogens is 4. The molecule has 0 aliphatic rings. The van der Waals surface area contributed by atoms with Crippen LogP contribution in [0.3, 0.4) is 0 Å². The Morgan fingerprint density at radius 3 is 1.42 bits per heavy atom. The van der Waals surface area contributed by atoms with Crippen LogP contribution in [0.5, 0.6) is 0 Å². The van der Waals surface area contributed by atoms with Crippen molar-refractivity contribution < 1.29 is 0 Å². The van der Waals surface area contributed by atoms with Crippen molar-refractivity contribution in [1.82, 2.24) is 19.5 Å². The average Bonchev–Trinajstić information content (AvgIpc) is 3.58. The van der Waals surface area contributed by atoms with Gasteiger partial charge in [0.25, 0.3) is 0 Å². The van der Waals surface area contributed by atoms with Crippen LogP contribution in [-0.4, -0.2) is 19.5 Å². The van der Waals surface area contributed by atoms with Gasteiger partial charge in [0, 0.05) is 21.9 Å². The molecule has 0 bridgehead atoms. The molecule has 0 unspecified atom stereocenters. The molecule has 2 heterocycles. The second-order valence-electron chi connectivity index (χ2n) is 13.3. The number of nitrogens with zero attached hydrogens (tertiary/aromatic N) is 4. The fourth-order valence-corrected chi connectivity index (χ4v) is 7.37. The molecule has 0 N–H and O–H groups in total. The lowest BCUT2D eigenvalue weighted by molar-refractivity contribution is 0.953. The monoisotopic (exact) mass is 676 g/mol. The van der Waals surface area contributed by atoms with Gasteiger partial charge in [-0.15, -0.1) is 0 Å². The van der Waals surface area contributed by atoms with Crippen molar-refractivity contribution in [2.45, 2.75) is 0 Å². The largest absolute Gasteiger partial charge is 0.278 e. The lowest BCUT2D eigenvalue weighted by Crippen LogP contribution is -2.06. The van der Waals surface area contributed by atoms with E-state index in [1.165, 1.54) is 27.5 Å². The molecule has 0 aliphatic heterocycles. The minimum atomic E-state index is 0.582. The van der Waals surface area contributed by atoms with Gasteiger partial charge < -0.3 is 0 Å². The first-order valence-electron chi connectivity index (χ1n) is 17.9. The summed E-state index contributed by atoms with van der Waals surface area (Å²) in [5, 5.41) is 4.78. The van der Waals surface area contributed by atoms with Crippen LogP contribution in [-0.2, 0) is 0 Å². The van der Waals surface area contributed by atoms with E-state index in [-0.39, 0.29) is 0 Å². The van der Waals surface area contributed by atoms with Crippen molar-refractivity contribution in [3.63, 3.8) is 0 Å². The van der Waals surface area contributed by atoms with Crippen molar-refractivity contribution in [2.75, 3.05) is 0 Å². The van der Waals surface area contributed by atoms with Gasteiger partial charge in [-0.1, -0.05) is 170 Å². The molecular formula is C49H32N4. The van der Waals surface area contributed by atoms with E-state index in [0.717, 1.165) is 49.6 Å². The zero-order valence-corrected chi connectivity index (χ0v) is 28.8. The summed E-state index contributed by atoms with van der Waals surface area (Å²) >= 11 is 0. The molecule has 0 saturated carbocycles. The van der Waals surface area contributed by atoms with Crippen LogP contribution in [0.25, 0.3) is 94.7 Å². The molecule has 0 radical (unpaired) electrons. The SMILES string of the molecule is c1ccc(-c2ccc(-c3cccc(-c4nc(-c5ccc(-c6ccc7ccccc7c6)cc5)nc(-n5c6ccccc6c6ccccc65)n4)c3)cc2)cc1. The summed E-state index contributed by atoms with van der Waals surface area (Å²) in [5.41, 5.74) is 10.9. The topological polar surface area (TPSA) is 43.6 Å². The summed E-state index contributed by atoms with van der Waals surface area (Å²) in [6, 6.07) is 68.2. The molecular weight excluding hydrogens is 645 g/mol. The molecule has 0 fully saturated rings. The Morgan fingerprint density at radius 2 is 0.736 bits per heavy atom. The molecule has 0 amide bonds. The van der Waals surface area contributed by atoms with E-state index in [0.29, 0.717) is 17.6 Å². The minimum Gasteiger partial charge on any atom is -0.278 e. The number of benzene rings is 8. The second kappa shape index (κ2) is 12.9. The minimum absolute atomic E-state index is 0.582. The molecule has 2 aromatic heterocycles. The Bertz CT molecular complexity index is 2870. The van der Waals surface area contributed by atoms with E-state index < -0.39 is 0 Å². The fourth-order valence-electron chi connectivity index (χ4n) is 7.37. The maximum absolute atomic E-state index is 5.20. The third-order valence-electron chi connectivity index (χ3n) is 10.1. The maximum Gasteiger partial charge on any atom is 0.238 e. The highest BCUT2D eigenvalue weighted by molar-refractivity contribution is 6.09. The van der Waals surface area contributed by atoms with E-state index in [1.807, 2.05) is 6.07 Å². The molecule has 53 heavy (non-hydrogen) atoms. The van der Waals surface area contributed by atoms with Crippen molar-refractivity contribution in [3.8, 4) is 62.1 Å². The first-order chi connectivity index (χ1) is 26.2. The lowest BCUT2D eigenvalue weighted by Gasteiger charge is -2.12. The summed E-state index contributed by atoms with van der Waals surface area (Å²) in [4.78, 5) is 15.5. The Morgan fingerprint density at radius 1 is 0.283 bits per heavy atom. The number of fused-ring (bicyclic) bond motifs is 4. The van der Waals surface area contributed by atoms with Crippen molar-refractivity contribution in [3.05, 3.63) is 194 Å². The van der Waals surface area contributed by atoms with E-state index >= 15 is 0 Å². The summed E-state index contributed by atoms with van der Waals surface area (Å²) in [7, 11) is 0. The Labute approximate surface area is 307 Å². The molecule has 0 aliphatic carbocycles. The van der Waals surface area contributed by atoms with Crippen LogP contribution in [0, 0.1) is 0 Å². The van der Waals surface area contributed by atoms with Gasteiger partial charge >= 0.3 is 0 Å². The van der Waals surface area contributed by atoms with Crippen LogP contribution in [0.15, 0.2) is 194 Å². The number of hydrogen-bond donors (Lipinski definition) is 0. The molecule has 248 valence electrons. The average molecular weight is 677 g/mol. The van der Waals surface area contributed by atoms with E-state index in [9.17, 15) is 0 Å². The van der Waals surface area contributed by atoms with Gasteiger partial charge in [-0.2, -0.15) is 9.97 Å². The molecule has 0 spiro atoms. The molecule has 10 aromatic rings. The third kappa shape index (κ3) is 5.63. The predicted octanol–water partition coefficient (Wildman–Crippen LogP) is 12.5. The van der Waals surface area contributed by atoms with E-state index in [1.54, 1.807) is 0 Å². The third-order valence-corrected chi connectivity index (χ3v) is 10.1. The number of para-hydroxylation sites is 2. The smallest absolute Gasteiger partial charge is 0.238 e. The predicted molar refractivity (Wildman–Crippen MR) is 219 cm³/mol. The van der Waals surface area contributed by atoms with Gasteiger partial charge in [-0.3, -0.25) is 4.57 Å². The Balaban J connectivity index is 1.10. The standard InChI is InChI=1S/C49H32N4/c1-2-11-33(12-3-1)35-21-23-36(24-22-35)40-15-10-16-42(32-40)48-50-47(38-28-25-37(26-29-38)41-30-27-34-13-4-5-14-39(34)31-41)51-49(52-48)53-45-19-8-6-17-43(45)44-18-7-9-20-46(44)53/h1-32H. The summed E-state index contributed by atoms with van der Waals surface area (Å²) < 4.78 is 2.16. The molecule has 0 saturated heterocycles. The van der Waals surface area contributed by atoms with Crippen molar-refractivity contribution in [2.24, 2.45) is 0 Å². The Hall–Kier alpha value is -7.17. The molecule has 8 aromatic carbocycles. The highest BCUT2D eigenvalue weighted by Gasteiger charge is 2.18. The van der Waals surface area contributed by atoms with Crippen LogP contribution in [0.4, 0.5) is 0 Å². The molecule has 0 atom stereocenters. The second-order valence-corrected chi connectivity index (χ2v) is 13.3. The zero-order chi connectivity index (χ0) is 35.1. The van der Waals surface area contributed by atoms with Crippen LogP contribution in [0.2, 0.25) is 0 Å². The van der Waals surface area contributed by atoms with Crippen molar-refractivity contribution >= 4 is 32.6 Å². The van der Waals surface area contributed by atoms with Gasteiger partial charge in [-0.05, 0) is 68.4 Å². The summed E-state index contributed by atoms with van der Waals surface area (Å²) in [6.45, 7) is 0. The number of rotatable bonds is 6. The number of hydrogen-bond acceptors (Lipinski definition) is 3. The maximum atomic E-state index is 5.20. The summed E-state index contributed by atoms with van der Waals surface area (Å²) in [5.74, 6) is 1.82. The molecule has 4 heteroatoms. The van der Waals surface area contributed by atoms with Gasteiger partial charge in [0.2, 0.25) is 5.95 Å². The van der Waals surface area contributed by atoms with Crippen LogP contribution in [0.1, 0.15) is 0 Å². The molecule has 4 nitrogen and oxygen atoms in total.